The number of phenols is 1. The monoisotopic (exact) mass is 529 g/mol. The van der Waals surface area contributed by atoms with Crippen LogP contribution in [-0.2, 0) is 19.5 Å². The van der Waals surface area contributed by atoms with Gasteiger partial charge >= 0.3 is 0 Å². The van der Waals surface area contributed by atoms with Gasteiger partial charge < -0.3 is 5.11 Å². The summed E-state index contributed by atoms with van der Waals surface area (Å²) in [6, 6.07) is 16.3. The Morgan fingerprint density at radius 2 is 2.03 bits per heavy atom. The molecule has 1 aliphatic rings. The highest BCUT2D eigenvalue weighted by Gasteiger charge is 2.24. The van der Waals surface area contributed by atoms with Gasteiger partial charge in [-0.1, -0.05) is 46.3 Å². The molecule has 3 aromatic rings. The van der Waals surface area contributed by atoms with Crippen molar-refractivity contribution in [2.45, 2.75) is 19.5 Å². The van der Waals surface area contributed by atoms with E-state index in [9.17, 15) is 10.4 Å². The Morgan fingerprint density at radius 1 is 1.24 bits per heavy atom. The molecular weight excluding hydrogens is 514 g/mol. The number of aromatic hydroxyl groups is 1. The molecule has 29 heavy (non-hydrogen) atoms. The van der Waals surface area contributed by atoms with Gasteiger partial charge in [0.15, 0.2) is 0 Å². The van der Waals surface area contributed by atoms with Gasteiger partial charge in [-0.05, 0) is 45.6 Å². The molecule has 4 rings (SSSR count). The maximum Gasteiger partial charge on any atom is 0.138 e. The Kier molecular flexibility index (Phi) is 6.16. The van der Waals surface area contributed by atoms with Crippen LogP contribution in [0.4, 0.5) is 5.00 Å². The number of benzene rings is 2. The number of phenolic OH excluding ortho intramolecular Hbond substituents is 1. The standard InChI is InChI=1S/C22H17Br2N3OS/c23-16-8-15(21(28)19(24)9-16)11-26-22-18(10-25)17-6-7-27(13-20(17)29-22)12-14-4-2-1-3-5-14/h1-5,8-9,11,28H,6-7,12-13H2/b26-11+. The summed E-state index contributed by atoms with van der Waals surface area (Å²) < 4.78 is 1.43. The number of aliphatic imine (C=N–C) groups is 1. The summed E-state index contributed by atoms with van der Waals surface area (Å²) in [6.07, 6.45) is 2.47. The highest BCUT2D eigenvalue weighted by Crippen LogP contribution is 2.39. The summed E-state index contributed by atoms with van der Waals surface area (Å²) in [7, 11) is 0. The van der Waals surface area contributed by atoms with Crippen molar-refractivity contribution < 1.29 is 5.11 Å². The lowest BCUT2D eigenvalue weighted by Crippen LogP contribution is -2.29. The summed E-state index contributed by atoms with van der Waals surface area (Å²) in [4.78, 5) is 8.16. The van der Waals surface area contributed by atoms with E-state index in [1.165, 1.54) is 10.4 Å². The third kappa shape index (κ3) is 4.46. The fourth-order valence-electron chi connectivity index (χ4n) is 3.44. The number of hydrogen-bond donors (Lipinski definition) is 1. The molecule has 1 N–H and O–H groups in total. The highest BCUT2D eigenvalue weighted by molar-refractivity contribution is 9.11. The van der Waals surface area contributed by atoms with Gasteiger partial charge in [-0.2, -0.15) is 5.26 Å². The van der Waals surface area contributed by atoms with Crippen LogP contribution in [0, 0.1) is 11.3 Å². The second-order valence-electron chi connectivity index (χ2n) is 6.83. The molecule has 0 saturated carbocycles. The van der Waals surface area contributed by atoms with E-state index >= 15 is 0 Å². The van der Waals surface area contributed by atoms with Crippen LogP contribution in [0.5, 0.6) is 5.75 Å². The number of nitriles is 1. The molecule has 0 amide bonds. The molecule has 0 saturated heterocycles. The molecule has 146 valence electrons. The molecule has 0 fully saturated rings. The fraction of sp³-hybridized carbons (Fsp3) is 0.182. The van der Waals surface area contributed by atoms with Gasteiger partial charge in [0.05, 0.1) is 10.0 Å². The number of thiophene rings is 1. The predicted octanol–water partition coefficient (Wildman–Crippen LogP) is 6.16. The zero-order chi connectivity index (χ0) is 20.4. The zero-order valence-corrected chi connectivity index (χ0v) is 19.4. The van der Waals surface area contributed by atoms with E-state index in [-0.39, 0.29) is 5.75 Å². The molecular formula is C22H17Br2N3OS. The van der Waals surface area contributed by atoms with Crippen molar-refractivity contribution in [2.24, 2.45) is 4.99 Å². The number of rotatable bonds is 4. The molecule has 7 heteroatoms. The second-order valence-corrected chi connectivity index (χ2v) is 9.68. The molecule has 0 radical (unpaired) electrons. The largest absolute Gasteiger partial charge is 0.506 e. The number of hydrogen-bond acceptors (Lipinski definition) is 5. The van der Waals surface area contributed by atoms with Gasteiger partial charge in [-0.15, -0.1) is 11.3 Å². The highest BCUT2D eigenvalue weighted by atomic mass is 79.9. The Labute approximate surface area is 190 Å². The minimum atomic E-state index is 0.130. The lowest BCUT2D eigenvalue weighted by atomic mass is 10.0. The molecule has 1 aromatic heterocycles. The van der Waals surface area contributed by atoms with E-state index in [1.807, 2.05) is 6.07 Å². The minimum absolute atomic E-state index is 0.130. The van der Waals surface area contributed by atoms with Crippen LogP contribution in [0.15, 0.2) is 56.4 Å². The third-order valence-electron chi connectivity index (χ3n) is 4.86. The normalized spacial score (nSPS) is 14.1. The van der Waals surface area contributed by atoms with E-state index in [0.717, 1.165) is 36.1 Å². The Bertz CT molecular complexity index is 1120. The van der Waals surface area contributed by atoms with Crippen LogP contribution in [0.25, 0.3) is 0 Å². The van der Waals surface area contributed by atoms with Crippen molar-refractivity contribution >= 4 is 54.4 Å². The maximum atomic E-state index is 10.2. The lowest BCUT2D eigenvalue weighted by molar-refractivity contribution is 0.249. The molecule has 0 spiro atoms. The van der Waals surface area contributed by atoms with Crippen molar-refractivity contribution in [3.63, 3.8) is 0 Å². The molecule has 2 aromatic carbocycles. The summed E-state index contributed by atoms with van der Waals surface area (Å²) in [6.45, 7) is 2.65. The first kappa shape index (κ1) is 20.3. The van der Waals surface area contributed by atoms with E-state index in [1.54, 1.807) is 29.7 Å². The molecule has 0 atom stereocenters. The molecule has 0 unspecified atom stereocenters. The Hall–Kier alpha value is -1.98. The molecule has 0 aliphatic carbocycles. The molecule has 4 nitrogen and oxygen atoms in total. The van der Waals surface area contributed by atoms with Crippen LogP contribution in [-0.4, -0.2) is 22.8 Å². The first-order valence-corrected chi connectivity index (χ1v) is 11.5. The van der Waals surface area contributed by atoms with Crippen molar-refractivity contribution in [1.82, 2.24) is 4.90 Å². The van der Waals surface area contributed by atoms with E-state index in [4.69, 9.17) is 0 Å². The fourth-order valence-corrected chi connectivity index (χ4v) is 5.88. The van der Waals surface area contributed by atoms with E-state index in [2.05, 4.69) is 72.1 Å². The summed E-state index contributed by atoms with van der Waals surface area (Å²) in [5, 5.41) is 20.6. The first-order chi connectivity index (χ1) is 14.0. The van der Waals surface area contributed by atoms with Crippen molar-refractivity contribution in [3.05, 3.63) is 78.5 Å². The first-order valence-electron chi connectivity index (χ1n) is 9.08. The lowest BCUT2D eigenvalue weighted by Gasteiger charge is -2.26. The Morgan fingerprint density at radius 3 is 2.79 bits per heavy atom. The van der Waals surface area contributed by atoms with Gasteiger partial charge in [0.2, 0.25) is 0 Å². The van der Waals surface area contributed by atoms with Crippen molar-refractivity contribution in [3.8, 4) is 11.8 Å². The maximum absolute atomic E-state index is 10.2. The van der Waals surface area contributed by atoms with Crippen LogP contribution in [0.1, 0.15) is 27.1 Å². The average Bonchev–Trinajstić information content (AvgIpc) is 3.07. The Balaban J connectivity index is 1.59. The SMILES string of the molecule is N#Cc1c(/N=C/c2cc(Br)cc(Br)c2O)sc2c1CCN(Cc1ccccc1)C2. The summed E-state index contributed by atoms with van der Waals surface area (Å²) in [5.41, 5.74) is 3.66. The van der Waals surface area contributed by atoms with Gasteiger partial charge in [0.25, 0.3) is 0 Å². The van der Waals surface area contributed by atoms with E-state index in [0.29, 0.717) is 20.6 Å². The molecule has 0 bridgehead atoms. The molecule has 1 aliphatic heterocycles. The van der Waals surface area contributed by atoms with Gasteiger partial charge in [-0.3, -0.25) is 4.90 Å². The van der Waals surface area contributed by atoms with Gasteiger partial charge in [-0.25, -0.2) is 4.99 Å². The zero-order valence-electron chi connectivity index (χ0n) is 15.4. The van der Waals surface area contributed by atoms with Gasteiger partial charge in [0.1, 0.15) is 16.8 Å². The third-order valence-corrected chi connectivity index (χ3v) is 7.04. The van der Waals surface area contributed by atoms with Crippen LogP contribution >= 0.6 is 43.2 Å². The number of halogens is 2. The van der Waals surface area contributed by atoms with Crippen molar-refractivity contribution in [1.29, 1.82) is 5.26 Å². The van der Waals surface area contributed by atoms with Crippen LogP contribution < -0.4 is 0 Å². The minimum Gasteiger partial charge on any atom is -0.506 e. The summed E-state index contributed by atoms with van der Waals surface area (Å²) >= 11 is 8.33. The summed E-state index contributed by atoms with van der Waals surface area (Å²) in [5.74, 6) is 0.130. The van der Waals surface area contributed by atoms with Crippen LogP contribution in [0.3, 0.4) is 0 Å². The predicted molar refractivity (Wildman–Crippen MR) is 124 cm³/mol. The number of fused-ring (bicyclic) bond motifs is 1. The van der Waals surface area contributed by atoms with Crippen LogP contribution in [0.2, 0.25) is 0 Å². The topological polar surface area (TPSA) is 59.6 Å². The number of nitrogens with zero attached hydrogens (tertiary/aromatic N) is 3. The van der Waals surface area contributed by atoms with Gasteiger partial charge in [0, 0.05) is 40.8 Å². The smallest absolute Gasteiger partial charge is 0.138 e. The van der Waals surface area contributed by atoms with Crippen molar-refractivity contribution in [2.75, 3.05) is 6.54 Å². The quantitative estimate of drug-likeness (QED) is 0.411. The average molecular weight is 531 g/mol. The second kappa shape index (κ2) is 8.80. The van der Waals surface area contributed by atoms with E-state index < -0.39 is 0 Å². The molecule has 2 heterocycles.